The van der Waals surface area contributed by atoms with Crippen LogP contribution < -0.4 is 5.32 Å². The van der Waals surface area contributed by atoms with Crippen molar-refractivity contribution < 1.29 is 13.2 Å². The van der Waals surface area contributed by atoms with Crippen molar-refractivity contribution in [3.05, 3.63) is 35.9 Å². The van der Waals surface area contributed by atoms with Crippen molar-refractivity contribution in [2.24, 2.45) is 0 Å². The number of hydrogen-bond acceptors (Lipinski definition) is 4. The molecule has 18 heavy (non-hydrogen) atoms. The summed E-state index contributed by atoms with van der Waals surface area (Å²) in [5.74, 6) is 0.333. The van der Waals surface area contributed by atoms with E-state index in [1.54, 1.807) is 0 Å². The molecule has 0 saturated carbocycles. The van der Waals surface area contributed by atoms with Crippen molar-refractivity contribution in [3.63, 3.8) is 0 Å². The highest BCUT2D eigenvalue weighted by Gasteiger charge is 2.25. The van der Waals surface area contributed by atoms with Crippen LogP contribution in [0.3, 0.4) is 0 Å². The Morgan fingerprint density at radius 2 is 2.00 bits per heavy atom. The number of carbonyl (C=O) groups excluding carboxylic acids is 1. The van der Waals surface area contributed by atoms with Gasteiger partial charge in [-0.1, -0.05) is 30.3 Å². The number of carbonyl (C=O) groups is 1. The van der Waals surface area contributed by atoms with Crippen LogP contribution >= 0.6 is 0 Å². The fourth-order valence-corrected chi connectivity index (χ4v) is 3.61. The van der Waals surface area contributed by atoms with Crippen LogP contribution in [-0.2, 0) is 21.1 Å². The summed E-state index contributed by atoms with van der Waals surface area (Å²) < 4.78 is 22.9. The first kappa shape index (κ1) is 13.2. The van der Waals surface area contributed by atoms with Crippen LogP contribution in [-0.4, -0.2) is 38.3 Å². The maximum absolute atomic E-state index is 11.9. The van der Waals surface area contributed by atoms with Gasteiger partial charge in [0.05, 0.1) is 11.5 Å². The topological polar surface area (TPSA) is 63.2 Å². The summed E-state index contributed by atoms with van der Waals surface area (Å²) in [5.41, 5.74) is 0.973. The van der Waals surface area contributed by atoms with Gasteiger partial charge in [-0.15, -0.1) is 0 Å². The second kappa shape index (κ2) is 5.63. The number of ketones is 1. The smallest absolute Gasteiger partial charge is 0.153 e. The number of hydrogen-bond donors (Lipinski definition) is 1. The lowest BCUT2D eigenvalue weighted by Gasteiger charge is -2.22. The molecule has 1 aliphatic heterocycles. The van der Waals surface area contributed by atoms with Crippen LogP contribution in [0.15, 0.2) is 30.3 Å². The van der Waals surface area contributed by atoms with Gasteiger partial charge in [0.25, 0.3) is 0 Å². The summed E-state index contributed by atoms with van der Waals surface area (Å²) in [7, 11) is -2.97. The van der Waals surface area contributed by atoms with Gasteiger partial charge in [0.1, 0.15) is 5.78 Å². The lowest BCUT2D eigenvalue weighted by Crippen LogP contribution is -2.46. The van der Waals surface area contributed by atoms with Crippen LogP contribution in [0.5, 0.6) is 0 Å². The Kier molecular flexibility index (Phi) is 4.14. The zero-order valence-corrected chi connectivity index (χ0v) is 10.9. The second-order valence-electron chi connectivity index (χ2n) is 4.67. The van der Waals surface area contributed by atoms with Crippen LogP contribution in [0.1, 0.15) is 12.0 Å². The van der Waals surface area contributed by atoms with Crippen molar-refractivity contribution in [3.8, 4) is 0 Å². The Bertz CT molecular complexity index is 510. The highest BCUT2D eigenvalue weighted by Crippen LogP contribution is 2.08. The van der Waals surface area contributed by atoms with Gasteiger partial charge < -0.3 is 5.32 Å². The number of nitrogens with one attached hydrogen (secondary N) is 1. The molecule has 0 aliphatic carbocycles. The van der Waals surface area contributed by atoms with E-state index >= 15 is 0 Å². The standard InChI is InChI=1S/C13H17NO3S/c15-13(8-11-4-2-1-3-5-11)9-12-10-18(16,17)7-6-14-12/h1-5,12,14H,6-10H2. The molecule has 1 heterocycles. The Hall–Kier alpha value is -1.20. The zero-order chi connectivity index (χ0) is 13.0. The lowest BCUT2D eigenvalue weighted by molar-refractivity contribution is -0.118. The highest BCUT2D eigenvalue weighted by atomic mass is 32.2. The molecule has 5 heteroatoms. The van der Waals surface area contributed by atoms with E-state index in [1.807, 2.05) is 30.3 Å². The van der Waals surface area contributed by atoms with Gasteiger partial charge in [-0.25, -0.2) is 8.42 Å². The second-order valence-corrected chi connectivity index (χ2v) is 6.90. The molecule has 1 aromatic rings. The maximum Gasteiger partial charge on any atom is 0.153 e. The summed E-state index contributed by atoms with van der Waals surface area (Å²) in [5, 5.41) is 3.09. The first-order chi connectivity index (χ1) is 8.55. The predicted molar refractivity (Wildman–Crippen MR) is 70.2 cm³/mol. The summed E-state index contributed by atoms with van der Waals surface area (Å²) >= 11 is 0. The van der Waals surface area contributed by atoms with Crippen LogP contribution in [0.4, 0.5) is 0 Å². The van der Waals surface area contributed by atoms with Crippen molar-refractivity contribution in [2.75, 3.05) is 18.1 Å². The number of benzene rings is 1. The van der Waals surface area contributed by atoms with E-state index in [0.717, 1.165) is 5.56 Å². The van der Waals surface area contributed by atoms with Crippen molar-refractivity contribution >= 4 is 15.6 Å². The molecule has 1 fully saturated rings. The summed E-state index contributed by atoms with van der Waals surface area (Å²) in [6.07, 6.45) is 0.660. The van der Waals surface area contributed by atoms with Gasteiger partial charge in [-0.05, 0) is 5.56 Å². The summed E-state index contributed by atoms with van der Waals surface area (Å²) in [6.45, 7) is 0.450. The lowest BCUT2D eigenvalue weighted by atomic mass is 10.0. The van der Waals surface area contributed by atoms with E-state index in [-0.39, 0.29) is 29.8 Å². The van der Waals surface area contributed by atoms with Crippen LogP contribution in [0, 0.1) is 0 Å². The molecule has 1 saturated heterocycles. The van der Waals surface area contributed by atoms with E-state index < -0.39 is 9.84 Å². The average Bonchev–Trinajstić information content (AvgIpc) is 2.28. The monoisotopic (exact) mass is 267 g/mol. The average molecular weight is 267 g/mol. The summed E-state index contributed by atoms with van der Waals surface area (Å²) in [4.78, 5) is 11.9. The molecule has 0 spiro atoms. The SMILES string of the molecule is O=C(Cc1ccccc1)CC1CS(=O)(=O)CCN1. The Morgan fingerprint density at radius 3 is 2.67 bits per heavy atom. The van der Waals surface area contributed by atoms with Crippen LogP contribution in [0.2, 0.25) is 0 Å². The quantitative estimate of drug-likeness (QED) is 0.866. The molecule has 4 nitrogen and oxygen atoms in total. The van der Waals surface area contributed by atoms with Crippen LogP contribution in [0.25, 0.3) is 0 Å². The van der Waals surface area contributed by atoms with E-state index in [2.05, 4.69) is 5.32 Å². The molecule has 98 valence electrons. The van der Waals surface area contributed by atoms with E-state index in [9.17, 15) is 13.2 Å². The van der Waals surface area contributed by atoms with Gasteiger partial charge in [0.15, 0.2) is 9.84 Å². The fraction of sp³-hybridized carbons (Fsp3) is 0.462. The van der Waals surface area contributed by atoms with Gasteiger partial charge in [-0.3, -0.25) is 4.79 Å². The van der Waals surface area contributed by atoms with Crippen molar-refractivity contribution in [1.29, 1.82) is 0 Å². The predicted octanol–water partition coefficient (Wildman–Crippen LogP) is 0.575. The van der Waals surface area contributed by atoms with Gasteiger partial charge >= 0.3 is 0 Å². The van der Waals surface area contributed by atoms with Gasteiger partial charge in [0, 0.05) is 25.4 Å². The number of Topliss-reactive ketones (excluding diaryl/α,β-unsaturated/α-hetero) is 1. The minimum atomic E-state index is -2.97. The first-order valence-corrected chi connectivity index (χ1v) is 7.87. The Balaban J connectivity index is 1.88. The molecule has 1 unspecified atom stereocenters. The third-order valence-corrected chi connectivity index (χ3v) is 4.76. The minimum absolute atomic E-state index is 0.0769. The Morgan fingerprint density at radius 1 is 1.28 bits per heavy atom. The number of sulfone groups is 1. The first-order valence-electron chi connectivity index (χ1n) is 6.04. The molecule has 0 bridgehead atoms. The molecule has 0 radical (unpaired) electrons. The molecule has 1 aromatic carbocycles. The van der Waals surface area contributed by atoms with E-state index in [4.69, 9.17) is 0 Å². The number of rotatable bonds is 4. The molecule has 0 amide bonds. The molecular formula is C13H17NO3S. The third-order valence-electron chi connectivity index (χ3n) is 3.02. The fourth-order valence-electron chi connectivity index (χ4n) is 2.17. The molecule has 1 atom stereocenters. The Labute approximate surface area is 107 Å². The highest BCUT2D eigenvalue weighted by molar-refractivity contribution is 7.91. The van der Waals surface area contributed by atoms with Gasteiger partial charge in [-0.2, -0.15) is 0 Å². The molecular weight excluding hydrogens is 250 g/mol. The largest absolute Gasteiger partial charge is 0.312 e. The normalized spacial score (nSPS) is 22.6. The van der Waals surface area contributed by atoms with Crippen molar-refractivity contribution in [2.45, 2.75) is 18.9 Å². The maximum atomic E-state index is 11.9. The molecule has 1 N–H and O–H groups in total. The molecule has 0 aromatic heterocycles. The van der Waals surface area contributed by atoms with E-state index in [0.29, 0.717) is 13.0 Å². The summed E-state index contributed by atoms with van der Waals surface area (Å²) in [6, 6.07) is 9.28. The molecule has 2 rings (SSSR count). The van der Waals surface area contributed by atoms with Crippen molar-refractivity contribution in [1.82, 2.24) is 5.32 Å². The minimum Gasteiger partial charge on any atom is -0.312 e. The van der Waals surface area contributed by atoms with E-state index in [1.165, 1.54) is 0 Å². The molecule has 1 aliphatic rings. The zero-order valence-electron chi connectivity index (χ0n) is 10.1. The van der Waals surface area contributed by atoms with Gasteiger partial charge in [0.2, 0.25) is 0 Å². The third kappa shape index (κ3) is 3.92.